The van der Waals surface area contributed by atoms with Gasteiger partial charge in [-0.2, -0.15) is 5.10 Å². The van der Waals surface area contributed by atoms with Crippen LogP contribution >= 0.6 is 0 Å². The van der Waals surface area contributed by atoms with Gasteiger partial charge in [0.25, 0.3) is 0 Å². The molecule has 82 valence electrons. The average Bonchev–Trinajstić information content (AvgIpc) is 2.80. The van der Waals surface area contributed by atoms with Crippen LogP contribution in [-0.4, -0.2) is 20.7 Å². The molecule has 0 aromatic carbocycles. The summed E-state index contributed by atoms with van der Waals surface area (Å²) in [5, 5.41) is 6.86. The first-order valence-electron chi connectivity index (χ1n) is 4.96. The zero-order valence-electron chi connectivity index (χ0n) is 8.92. The van der Waals surface area contributed by atoms with Crippen molar-refractivity contribution in [2.45, 2.75) is 13.5 Å². The molecule has 0 bridgehead atoms. The van der Waals surface area contributed by atoms with Crippen LogP contribution in [0.5, 0.6) is 0 Å². The van der Waals surface area contributed by atoms with Crippen molar-refractivity contribution in [3.63, 3.8) is 0 Å². The summed E-state index contributed by atoms with van der Waals surface area (Å²) in [4.78, 5) is 15.1. The van der Waals surface area contributed by atoms with E-state index in [1.54, 1.807) is 17.1 Å². The van der Waals surface area contributed by atoms with E-state index in [0.717, 1.165) is 11.4 Å². The highest BCUT2D eigenvalue weighted by atomic mass is 16.1. The number of amides is 1. The summed E-state index contributed by atoms with van der Waals surface area (Å²) in [6.07, 6.45) is 5.21. The predicted octanol–water partition coefficient (Wildman–Crippen LogP) is 0.903. The summed E-state index contributed by atoms with van der Waals surface area (Å²) in [7, 11) is 0. The highest BCUT2D eigenvalue weighted by Crippen LogP contribution is 2.09. The van der Waals surface area contributed by atoms with E-state index in [4.69, 9.17) is 0 Å². The van der Waals surface area contributed by atoms with Crippen molar-refractivity contribution >= 4 is 5.91 Å². The molecule has 0 radical (unpaired) electrons. The summed E-state index contributed by atoms with van der Waals surface area (Å²) >= 11 is 0. The predicted molar refractivity (Wildman–Crippen MR) is 58.9 cm³/mol. The largest absolute Gasteiger partial charge is 0.352 e. The molecule has 0 unspecified atom stereocenters. The van der Waals surface area contributed by atoms with Crippen LogP contribution in [0.2, 0.25) is 0 Å². The third kappa shape index (κ3) is 2.25. The molecule has 0 aliphatic carbocycles. The Morgan fingerprint density at radius 1 is 1.44 bits per heavy atom. The Balaban J connectivity index is 2.27. The molecule has 0 atom stereocenters. The molecule has 0 aliphatic rings. The number of nitrogens with one attached hydrogen (secondary N) is 1. The van der Waals surface area contributed by atoms with Crippen LogP contribution in [-0.2, 0) is 11.3 Å². The minimum Gasteiger partial charge on any atom is -0.352 e. The zero-order valence-corrected chi connectivity index (χ0v) is 8.92. The van der Waals surface area contributed by atoms with Crippen molar-refractivity contribution in [2.75, 3.05) is 0 Å². The van der Waals surface area contributed by atoms with Gasteiger partial charge in [0.15, 0.2) is 5.82 Å². The van der Waals surface area contributed by atoms with Crippen molar-refractivity contribution in [3.05, 3.63) is 42.4 Å². The number of pyridine rings is 1. The fraction of sp³-hybridized carbons (Fsp3) is 0.182. The normalized spacial score (nSPS) is 10.1. The first-order chi connectivity index (χ1) is 7.77. The lowest BCUT2D eigenvalue weighted by Gasteiger charge is -2.08. The molecule has 0 spiro atoms. The van der Waals surface area contributed by atoms with Gasteiger partial charge in [-0.3, -0.25) is 4.79 Å². The molecule has 2 aromatic heterocycles. The third-order valence-corrected chi connectivity index (χ3v) is 2.12. The number of aromatic nitrogens is 3. The minimum atomic E-state index is -0.0599. The van der Waals surface area contributed by atoms with Crippen LogP contribution in [0.3, 0.4) is 0 Å². The molecule has 2 rings (SSSR count). The Morgan fingerprint density at radius 2 is 2.31 bits per heavy atom. The SMILES string of the molecule is CC(=O)NCc1cccnc1-n1cccn1. The molecule has 2 aromatic rings. The van der Waals surface area contributed by atoms with Crippen molar-refractivity contribution in [1.82, 2.24) is 20.1 Å². The Morgan fingerprint density at radius 3 is 3.00 bits per heavy atom. The monoisotopic (exact) mass is 216 g/mol. The van der Waals surface area contributed by atoms with Gasteiger partial charge in [0.05, 0.1) is 0 Å². The van der Waals surface area contributed by atoms with Crippen LogP contribution in [0, 0.1) is 0 Å². The molecule has 16 heavy (non-hydrogen) atoms. The van der Waals surface area contributed by atoms with Crippen LogP contribution in [0.15, 0.2) is 36.8 Å². The van der Waals surface area contributed by atoms with Gasteiger partial charge >= 0.3 is 0 Å². The van der Waals surface area contributed by atoms with E-state index < -0.39 is 0 Å². The van der Waals surface area contributed by atoms with Crippen molar-refractivity contribution in [1.29, 1.82) is 0 Å². The number of hydrogen-bond donors (Lipinski definition) is 1. The Kier molecular flexibility index (Phi) is 2.95. The van der Waals surface area contributed by atoms with Crippen LogP contribution < -0.4 is 5.32 Å². The second-order valence-corrected chi connectivity index (χ2v) is 3.35. The fourth-order valence-corrected chi connectivity index (χ4v) is 1.39. The van der Waals surface area contributed by atoms with E-state index in [1.807, 2.05) is 24.4 Å². The van der Waals surface area contributed by atoms with Crippen LogP contribution in [0.4, 0.5) is 0 Å². The van der Waals surface area contributed by atoms with Gasteiger partial charge in [0.1, 0.15) is 0 Å². The molecule has 1 amide bonds. The van der Waals surface area contributed by atoms with E-state index in [0.29, 0.717) is 6.54 Å². The molecule has 0 saturated carbocycles. The lowest BCUT2D eigenvalue weighted by atomic mass is 10.2. The summed E-state index contributed by atoms with van der Waals surface area (Å²) in [5.74, 6) is 0.677. The van der Waals surface area contributed by atoms with Gasteiger partial charge < -0.3 is 5.32 Å². The number of rotatable bonds is 3. The van der Waals surface area contributed by atoms with E-state index in [1.165, 1.54) is 6.92 Å². The zero-order chi connectivity index (χ0) is 11.4. The maximum Gasteiger partial charge on any atom is 0.217 e. The summed E-state index contributed by atoms with van der Waals surface area (Å²) < 4.78 is 1.68. The molecule has 5 heteroatoms. The lowest BCUT2D eigenvalue weighted by Crippen LogP contribution is -2.20. The van der Waals surface area contributed by atoms with Crippen molar-refractivity contribution in [2.24, 2.45) is 0 Å². The Labute approximate surface area is 93.1 Å². The average molecular weight is 216 g/mol. The van der Waals surface area contributed by atoms with Crippen molar-refractivity contribution in [3.8, 4) is 5.82 Å². The van der Waals surface area contributed by atoms with Crippen LogP contribution in [0.1, 0.15) is 12.5 Å². The minimum absolute atomic E-state index is 0.0599. The molecule has 1 N–H and O–H groups in total. The topological polar surface area (TPSA) is 59.8 Å². The molecule has 0 aliphatic heterocycles. The third-order valence-electron chi connectivity index (χ3n) is 2.12. The molecule has 2 heterocycles. The summed E-state index contributed by atoms with van der Waals surface area (Å²) in [5.41, 5.74) is 0.932. The van der Waals surface area contributed by atoms with Gasteiger partial charge in [-0.25, -0.2) is 9.67 Å². The second-order valence-electron chi connectivity index (χ2n) is 3.35. The maximum atomic E-state index is 10.9. The number of hydrogen-bond acceptors (Lipinski definition) is 3. The van der Waals surface area contributed by atoms with Gasteiger partial charge in [0, 0.05) is 37.6 Å². The van der Waals surface area contributed by atoms with Gasteiger partial charge in [-0.1, -0.05) is 6.07 Å². The lowest BCUT2D eigenvalue weighted by molar-refractivity contribution is -0.119. The highest BCUT2D eigenvalue weighted by Gasteiger charge is 2.05. The molecule has 5 nitrogen and oxygen atoms in total. The van der Waals surface area contributed by atoms with Crippen LogP contribution in [0.25, 0.3) is 5.82 Å². The Hall–Kier alpha value is -2.17. The van der Waals surface area contributed by atoms with Crippen molar-refractivity contribution < 1.29 is 4.79 Å². The van der Waals surface area contributed by atoms with Gasteiger partial charge in [0.2, 0.25) is 5.91 Å². The smallest absolute Gasteiger partial charge is 0.217 e. The fourth-order valence-electron chi connectivity index (χ4n) is 1.39. The first-order valence-corrected chi connectivity index (χ1v) is 4.96. The molecule has 0 fully saturated rings. The molecular weight excluding hydrogens is 204 g/mol. The van der Waals surface area contributed by atoms with Gasteiger partial charge in [-0.05, 0) is 12.1 Å². The molecule has 0 saturated heterocycles. The first kappa shape index (κ1) is 10.4. The highest BCUT2D eigenvalue weighted by molar-refractivity contribution is 5.72. The van der Waals surface area contributed by atoms with E-state index >= 15 is 0 Å². The quantitative estimate of drug-likeness (QED) is 0.829. The van der Waals surface area contributed by atoms with Gasteiger partial charge in [-0.15, -0.1) is 0 Å². The van der Waals surface area contributed by atoms with E-state index in [2.05, 4.69) is 15.4 Å². The number of nitrogens with zero attached hydrogens (tertiary/aromatic N) is 3. The molecular formula is C11H12N4O. The number of carbonyl (C=O) groups excluding carboxylic acids is 1. The Bertz CT molecular complexity index is 478. The van der Waals surface area contributed by atoms with E-state index in [9.17, 15) is 4.79 Å². The summed E-state index contributed by atoms with van der Waals surface area (Å²) in [6, 6.07) is 5.58. The maximum absolute atomic E-state index is 10.9. The summed E-state index contributed by atoms with van der Waals surface area (Å²) in [6.45, 7) is 1.95. The van der Waals surface area contributed by atoms with E-state index in [-0.39, 0.29) is 5.91 Å². The standard InChI is InChI=1S/C11H12N4O/c1-9(16)13-8-10-4-2-5-12-11(10)15-7-3-6-14-15/h2-7H,8H2,1H3,(H,13,16). The second kappa shape index (κ2) is 4.57. The number of carbonyl (C=O) groups is 1.